The second-order valence-electron chi connectivity index (χ2n) is 6.18. The molecular formula is C19H23N5O2. The molecule has 2 aromatic heterocycles. The van der Waals surface area contributed by atoms with E-state index in [-0.39, 0.29) is 5.56 Å². The van der Waals surface area contributed by atoms with E-state index in [1.807, 2.05) is 19.9 Å². The molecule has 0 unspecified atom stereocenters. The number of H-pyrrole nitrogens is 1. The van der Waals surface area contributed by atoms with E-state index in [1.54, 1.807) is 7.11 Å². The summed E-state index contributed by atoms with van der Waals surface area (Å²) in [5.74, 6) is 0.740. The minimum absolute atomic E-state index is 0.179. The zero-order chi connectivity index (χ0) is 18.7. The van der Waals surface area contributed by atoms with Gasteiger partial charge in [-0.15, -0.1) is 0 Å². The summed E-state index contributed by atoms with van der Waals surface area (Å²) in [6.45, 7) is 6.35. The molecule has 2 heterocycles. The summed E-state index contributed by atoms with van der Waals surface area (Å²) in [6.07, 6.45) is 1.49. The Bertz CT molecular complexity index is 997. The van der Waals surface area contributed by atoms with Gasteiger partial charge in [0, 0.05) is 24.5 Å². The smallest absolute Gasteiger partial charge is 0.255 e. The van der Waals surface area contributed by atoms with Gasteiger partial charge in [-0.2, -0.15) is 0 Å². The van der Waals surface area contributed by atoms with Gasteiger partial charge in [-0.25, -0.2) is 15.0 Å². The Morgan fingerprint density at radius 1 is 1.15 bits per heavy atom. The maximum atomic E-state index is 12.3. The second-order valence-corrected chi connectivity index (χ2v) is 6.18. The van der Waals surface area contributed by atoms with Gasteiger partial charge in [0.25, 0.3) is 5.56 Å². The fourth-order valence-electron chi connectivity index (χ4n) is 2.88. The van der Waals surface area contributed by atoms with Gasteiger partial charge in [0.2, 0.25) is 11.9 Å². The highest BCUT2D eigenvalue weighted by Crippen LogP contribution is 2.20. The van der Waals surface area contributed by atoms with Gasteiger partial charge < -0.3 is 4.74 Å². The third kappa shape index (κ3) is 3.72. The van der Waals surface area contributed by atoms with Crippen LogP contribution in [0.1, 0.15) is 29.4 Å². The molecule has 0 radical (unpaired) electrons. The van der Waals surface area contributed by atoms with Crippen molar-refractivity contribution in [2.24, 2.45) is 0 Å². The van der Waals surface area contributed by atoms with E-state index < -0.39 is 0 Å². The van der Waals surface area contributed by atoms with Gasteiger partial charge in [0.05, 0.1) is 23.5 Å². The lowest BCUT2D eigenvalue weighted by Gasteiger charge is -2.10. The van der Waals surface area contributed by atoms with Crippen molar-refractivity contribution in [2.45, 2.75) is 33.6 Å². The van der Waals surface area contributed by atoms with Crippen molar-refractivity contribution in [3.63, 3.8) is 0 Å². The monoisotopic (exact) mass is 353 g/mol. The highest BCUT2D eigenvalue weighted by Gasteiger charge is 2.10. The SMILES string of the molecule is CCc1ccc2nc(Nc3nc(C)c(CCOC)c(=O)[nH]3)nc(C)c2c1. The molecule has 26 heavy (non-hydrogen) atoms. The average Bonchev–Trinajstić information content (AvgIpc) is 2.61. The normalized spacial score (nSPS) is 11.1. The van der Waals surface area contributed by atoms with Crippen molar-refractivity contribution in [1.82, 2.24) is 19.9 Å². The van der Waals surface area contributed by atoms with Crippen LogP contribution in [0.25, 0.3) is 10.9 Å². The van der Waals surface area contributed by atoms with E-state index in [2.05, 4.69) is 44.3 Å². The Morgan fingerprint density at radius 2 is 1.96 bits per heavy atom. The number of ether oxygens (including phenoxy) is 1. The molecule has 0 atom stereocenters. The number of nitrogens with zero attached hydrogens (tertiary/aromatic N) is 3. The first-order chi connectivity index (χ1) is 12.5. The summed E-state index contributed by atoms with van der Waals surface area (Å²) in [6, 6.07) is 6.17. The Morgan fingerprint density at radius 3 is 2.65 bits per heavy atom. The summed E-state index contributed by atoms with van der Waals surface area (Å²) in [7, 11) is 1.61. The zero-order valence-corrected chi connectivity index (χ0v) is 15.5. The Balaban J connectivity index is 1.92. The predicted octanol–water partition coefficient (Wildman–Crippen LogP) is 2.82. The fraction of sp³-hybridized carbons (Fsp3) is 0.368. The molecule has 0 aliphatic carbocycles. The molecule has 3 aromatic rings. The topological polar surface area (TPSA) is 92.8 Å². The first kappa shape index (κ1) is 18.0. The third-order valence-corrected chi connectivity index (χ3v) is 4.37. The predicted molar refractivity (Wildman–Crippen MR) is 102 cm³/mol. The molecular weight excluding hydrogens is 330 g/mol. The van der Waals surface area contributed by atoms with Crippen molar-refractivity contribution >= 4 is 22.8 Å². The van der Waals surface area contributed by atoms with E-state index in [1.165, 1.54) is 5.56 Å². The number of aromatic amines is 1. The van der Waals surface area contributed by atoms with Crippen molar-refractivity contribution in [2.75, 3.05) is 19.0 Å². The van der Waals surface area contributed by atoms with Crippen LogP contribution < -0.4 is 10.9 Å². The molecule has 0 fully saturated rings. The van der Waals surface area contributed by atoms with E-state index >= 15 is 0 Å². The number of fused-ring (bicyclic) bond motifs is 1. The molecule has 1 aromatic carbocycles. The molecule has 136 valence electrons. The molecule has 0 aliphatic heterocycles. The quantitative estimate of drug-likeness (QED) is 0.708. The molecule has 2 N–H and O–H groups in total. The highest BCUT2D eigenvalue weighted by atomic mass is 16.5. The van der Waals surface area contributed by atoms with Crippen LogP contribution in [-0.4, -0.2) is 33.7 Å². The van der Waals surface area contributed by atoms with Gasteiger partial charge in [-0.05, 0) is 38.0 Å². The van der Waals surface area contributed by atoms with E-state index in [4.69, 9.17) is 4.74 Å². The van der Waals surface area contributed by atoms with Crippen molar-refractivity contribution in [1.29, 1.82) is 0 Å². The van der Waals surface area contributed by atoms with Crippen molar-refractivity contribution < 1.29 is 4.74 Å². The van der Waals surface area contributed by atoms with Gasteiger partial charge >= 0.3 is 0 Å². The average molecular weight is 353 g/mol. The standard InChI is InChI=1S/C19H23N5O2/c1-5-13-6-7-16-15(10-13)12(3)21-18(22-16)24-19-20-11(2)14(8-9-26-4)17(25)23-19/h6-7,10H,5,8-9H2,1-4H3,(H2,20,21,22,23,24,25). The van der Waals surface area contributed by atoms with Crippen LogP contribution in [-0.2, 0) is 17.6 Å². The largest absolute Gasteiger partial charge is 0.384 e. The van der Waals surface area contributed by atoms with E-state index in [0.717, 1.165) is 23.0 Å². The van der Waals surface area contributed by atoms with Gasteiger partial charge in [0.1, 0.15) is 0 Å². The Labute approximate surface area is 151 Å². The lowest BCUT2D eigenvalue weighted by atomic mass is 10.1. The van der Waals surface area contributed by atoms with Crippen molar-refractivity contribution in [3.05, 3.63) is 51.1 Å². The summed E-state index contributed by atoms with van der Waals surface area (Å²) in [4.78, 5) is 28.5. The molecule has 7 heteroatoms. The number of methoxy groups -OCH3 is 1. The minimum Gasteiger partial charge on any atom is -0.384 e. The van der Waals surface area contributed by atoms with Crippen LogP contribution in [0.4, 0.5) is 11.9 Å². The maximum Gasteiger partial charge on any atom is 0.255 e. The van der Waals surface area contributed by atoms with Gasteiger partial charge in [0.15, 0.2) is 0 Å². The fourth-order valence-corrected chi connectivity index (χ4v) is 2.88. The molecule has 0 aliphatic rings. The number of hydrogen-bond acceptors (Lipinski definition) is 6. The van der Waals surface area contributed by atoms with Crippen LogP contribution in [0.15, 0.2) is 23.0 Å². The number of anilines is 2. The molecule has 3 rings (SSSR count). The minimum atomic E-state index is -0.179. The van der Waals surface area contributed by atoms with Gasteiger partial charge in [-0.3, -0.25) is 15.1 Å². The van der Waals surface area contributed by atoms with Crippen LogP contribution in [0.2, 0.25) is 0 Å². The van der Waals surface area contributed by atoms with Gasteiger partial charge in [-0.1, -0.05) is 13.0 Å². The number of rotatable bonds is 6. The lowest BCUT2D eigenvalue weighted by molar-refractivity contribution is 0.202. The Hall–Kier alpha value is -2.80. The van der Waals surface area contributed by atoms with Crippen molar-refractivity contribution in [3.8, 4) is 0 Å². The van der Waals surface area contributed by atoms with Crippen LogP contribution >= 0.6 is 0 Å². The summed E-state index contributed by atoms with van der Waals surface area (Å²) < 4.78 is 5.04. The number of aryl methyl sites for hydroxylation is 3. The lowest BCUT2D eigenvalue weighted by Crippen LogP contribution is -2.20. The van der Waals surface area contributed by atoms with Crippen LogP contribution in [0.3, 0.4) is 0 Å². The molecule has 0 bridgehead atoms. The molecule has 0 saturated heterocycles. The first-order valence-electron chi connectivity index (χ1n) is 8.64. The van der Waals surface area contributed by atoms with E-state index in [9.17, 15) is 4.79 Å². The highest BCUT2D eigenvalue weighted by molar-refractivity contribution is 5.82. The molecule has 0 spiro atoms. The number of hydrogen-bond donors (Lipinski definition) is 2. The number of nitrogens with one attached hydrogen (secondary N) is 2. The van der Waals surface area contributed by atoms with Crippen LogP contribution in [0.5, 0.6) is 0 Å². The van der Waals surface area contributed by atoms with Crippen LogP contribution in [0, 0.1) is 13.8 Å². The summed E-state index contributed by atoms with van der Waals surface area (Å²) in [5.41, 5.74) is 4.09. The molecule has 7 nitrogen and oxygen atoms in total. The summed E-state index contributed by atoms with van der Waals surface area (Å²) in [5, 5.41) is 4.04. The molecule has 0 amide bonds. The number of aromatic nitrogens is 4. The van der Waals surface area contributed by atoms with E-state index in [0.29, 0.717) is 36.2 Å². The Kier molecular flexibility index (Phi) is 5.27. The third-order valence-electron chi connectivity index (χ3n) is 4.37. The summed E-state index contributed by atoms with van der Waals surface area (Å²) >= 11 is 0. The maximum absolute atomic E-state index is 12.3. The zero-order valence-electron chi connectivity index (χ0n) is 15.5. The number of benzene rings is 1. The first-order valence-corrected chi connectivity index (χ1v) is 8.64. The second kappa shape index (κ2) is 7.61. The molecule has 0 saturated carbocycles.